The molecule has 0 radical (unpaired) electrons. The molecule has 0 saturated heterocycles. The van der Waals surface area contributed by atoms with E-state index in [1.165, 1.54) is 0 Å². The van der Waals surface area contributed by atoms with Crippen molar-refractivity contribution in [2.24, 2.45) is 0 Å². The normalized spacial score (nSPS) is 13.2. The highest BCUT2D eigenvalue weighted by molar-refractivity contribution is 14.1. The quantitative estimate of drug-likeness (QED) is 0.813. The SMILES string of the molecule is CCC(O)CNCc1ccc(I)o1. The number of hydrogen-bond acceptors (Lipinski definition) is 3. The van der Waals surface area contributed by atoms with Gasteiger partial charge in [-0.05, 0) is 41.1 Å². The Hall–Kier alpha value is -0.0700. The summed E-state index contributed by atoms with van der Waals surface area (Å²) < 4.78 is 6.24. The van der Waals surface area contributed by atoms with Crippen LogP contribution in [0.1, 0.15) is 19.1 Å². The molecular formula is C9H14INO2. The van der Waals surface area contributed by atoms with E-state index in [-0.39, 0.29) is 6.10 Å². The molecule has 3 nitrogen and oxygen atoms in total. The molecule has 1 heterocycles. The average Bonchev–Trinajstić information content (AvgIpc) is 2.51. The zero-order valence-corrected chi connectivity index (χ0v) is 9.74. The number of hydrogen-bond donors (Lipinski definition) is 2. The minimum atomic E-state index is -0.256. The largest absolute Gasteiger partial charge is 0.454 e. The minimum absolute atomic E-state index is 0.256. The van der Waals surface area contributed by atoms with Crippen LogP contribution in [-0.2, 0) is 6.54 Å². The molecule has 0 aliphatic carbocycles. The zero-order chi connectivity index (χ0) is 9.68. The Morgan fingerprint density at radius 1 is 1.62 bits per heavy atom. The van der Waals surface area contributed by atoms with E-state index in [4.69, 9.17) is 4.42 Å². The van der Waals surface area contributed by atoms with Crippen molar-refractivity contribution in [3.8, 4) is 0 Å². The first-order valence-electron chi connectivity index (χ1n) is 4.35. The van der Waals surface area contributed by atoms with E-state index in [1.54, 1.807) is 0 Å². The van der Waals surface area contributed by atoms with Crippen LogP contribution < -0.4 is 5.32 Å². The van der Waals surface area contributed by atoms with E-state index >= 15 is 0 Å². The van der Waals surface area contributed by atoms with Gasteiger partial charge < -0.3 is 14.8 Å². The summed E-state index contributed by atoms with van der Waals surface area (Å²) in [6.07, 6.45) is 0.525. The Morgan fingerprint density at radius 3 is 2.92 bits per heavy atom. The molecule has 4 heteroatoms. The molecule has 1 aromatic rings. The summed E-state index contributed by atoms with van der Waals surface area (Å²) in [6.45, 7) is 3.26. The summed E-state index contributed by atoms with van der Waals surface area (Å²) in [6, 6.07) is 3.86. The number of nitrogens with one attached hydrogen (secondary N) is 1. The van der Waals surface area contributed by atoms with Crippen molar-refractivity contribution in [1.29, 1.82) is 0 Å². The maximum Gasteiger partial charge on any atom is 0.164 e. The van der Waals surface area contributed by atoms with Crippen LogP contribution in [-0.4, -0.2) is 17.8 Å². The lowest BCUT2D eigenvalue weighted by molar-refractivity contribution is 0.166. The van der Waals surface area contributed by atoms with Gasteiger partial charge >= 0.3 is 0 Å². The molecule has 0 fully saturated rings. The Morgan fingerprint density at radius 2 is 2.38 bits per heavy atom. The van der Waals surface area contributed by atoms with Crippen molar-refractivity contribution < 1.29 is 9.52 Å². The van der Waals surface area contributed by atoms with Gasteiger partial charge in [-0.15, -0.1) is 0 Å². The Bertz CT molecular complexity index is 250. The minimum Gasteiger partial charge on any atom is -0.454 e. The second-order valence-electron chi connectivity index (χ2n) is 2.90. The molecule has 0 spiro atoms. The van der Waals surface area contributed by atoms with Gasteiger partial charge in [0.05, 0.1) is 12.6 Å². The molecule has 2 N–H and O–H groups in total. The molecule has 0 aromatic carbocycles. The first-order chi connectivity index (χ1) is 6.22. The van der Waals surface area contributed by atoms with Crippen LogP contribution in [0.25, 0.3) is 0 Å². The number of halogens is 1. The molecular weight excluding hydrogens is 281 g/mol. The maximum absolute atomic E-state index is 9.25. The molecule has 0 aliphatic rings. The van der Waals surface area contributed by atoms with E-state index in [0.29, 0.717) is 13.1 Å². The highest BCUT2D eigenvalue weighted by atomic mass is 127. The van der Waals surface area contributed by atoms with E-state index in [9.17, 15) is 5.11 Å². The van der Waals surface area contributed by atoms with Crippen LogP contribution in [0.15, 0.2) is 16.5 Å². The van der Waals surface area contributed by atoms with Crippen LogP contribution in [0.5, 0.6) is 0 Å². The topological polar surface area (TPSA) is 45.4 Å². The van der Waals surface area contributed by atoms with Gasteiger partial charge in [0.15, 0.2) is 3.77 Å². The third kappa shape index (κ3) is 4.10. The van der Waals surface area contributed by atoms with Crippen molar-refractivity contribution in [2.45, 2.75) is 26.0 Å². The maximum atomic E-state index is 9.25. The van der Waals surface area contributed by atoms with Gasteiger partial charge in [0, 0.05) is 6.54 Å². The van der Waals surface area contributed by atoms with Gasteiger partial charge in [0.2, 0.25) is 0 Å². The molecule has 1 atom stereocenters. The molecule has 0 aliphatic heterocycles. The van der Waals surface area contributed by atoms with Gasteiger partial charge in [-0.2, -0.15) is 0 Å². The van der Waals surface area contributed by atoms with E-state index in [2.05, 4.69) is 27.9 Å². The number of rotatable bonds is 5. The van der Waals surface area contributed by atoms with Crippen LogP contribution in [0.4, 0.5) is 0 Å². The molecule has 1 unspecified atom stereocenters. The fourth-order valence-corrected chi connectivity index (χ4v) is 1.42. The third-order valence-corrected chi connectivity index (χ3v) is 2.36. The van der Waals surface area contributed by atoms with Crippen molar-refractivity contribution in [3.05, 3.63) is 21.7 Å². The highest BCUT2D eigenvalue weighted by Gasteiger charge is 2.01. The molecule has 0 saturated carbocycles. The van der Waals surface area contributed by atoms with Gasteiger partial charge in [0.1, 0.15) is 5.76 Å². The first kappa shape index (κ1) is 11.0. The third-order valence-electron chi connectivity index (χ3n) is 1.78. The zero-order valence-electron chi connectivity index (χ0n) is 7.59. The van der Waals surface area contributed by atoms with E-state index in [1.807, 2.05) is 19.1 Å². The van der Waals surface area contributed by atoms with E-state index in [0.717, 1.165) is 15.9 Å². The van der Waals surface area contributed by atoms with Crippen molar-refractivity contribution >= 4 is 22.6 Å². The lowest BCUT2D eigenvalue weighted by Crippen LogP contribution is -2.25. The molecule has 1 rings (SSSR count). The average molecular weight is 295 g/mol. The number of aliphatic hydroxyl groups excluding tert-OH is 1. The summed E-state index contributed by atoms with van der Waals surface area (Å²) in [5.74, 6) is 0.910. The van der Waals surface area contributed by atoms with Gasteiger partial charge in [-0.1, -0.05) is 6.92 Å². The summed E-state index contributed by atoms with van der Waals surface area (Å²) >= 11 is 2.13. The summed E-state index contributed by atoms with van der Waals surface area (Å²) in [4.78, 5) is 0. The first-order valence-corrected chi connectivity index (χ1v) is 5.43. The van der Waals surface area contributed by atoms with Gasteiger partial charge in [-0.3, -0.25) is 0 Å². The monoisotopic (exact) mass is 295 g/mol. The van der Waals surface area contributed by atoms with Gasteiger partial charge in [0.25, 0.3) is 0 Å². The molecule has 0 bridgehead atoms. The van der Waals surface area contributed by atoms with Crippen LogP contribution in [0.3, 0.4) is 0 Å². The van der Waals surface area contributed by atoms with Crippen molar-refractivity contribution in [1.82, 2.24) is 5.32 Å². The van der Waals surface area contributed by atoms with Crippen LogP contribution >= 0.6 is 22.6 Å². The van der Waals surface area contributed by atoms with Crippen molar-refractivity contribution in [3.63, 3.8) is 0 Å². The summed E-state index contributed by atoms with van der Waals surface area (Å²) in [5.41, 5.74) is 0. The fourth-order valence-electron chi connectivity index (χ4n) is 0.953. The Balaban J connectivity index is 2.20. The second kappa shape index (κ2) is 5.62. The predicted molar refractivity (Wildman–Crippen MR) is 59.4 cm³/mol. The Labute approximate surface area is 91.7 Å². The fraction of sp³-hybridized carbons (Fsp3) is 0.556. The van der Waals surface area contributed by atoms with Gasteiger partial charge in [-0.25, -0.2) is 0 Å². The lowest BCUT2D eigenvalue weighted by atomic mass is 10.3. The number of furan rings is 1. The lowest BCUT2D eigenvalue weighted by Gasteiger charge is -2.07. The summed E-state index contributed by atoms with van der Waals surface area (Å²) in [5, 5.41) is 12.4. The van der Waals surface area contributed by atoms with Crippen LogP contribution in [0.2, 0.25) is 0 Å². The molecule has 0 amide bonds. The molecule has 74 valence electrons. The van der Waals surface area contributed by atoms with Crippen molar-refractivity contribution in [2.75, 3.05) is 6.54 Å². The summed E-state index contributed by atoms with van der Waals surface area (Å²) in [7, 11) is 0. The van der Waals surface area contributed by atoms with E-state index < -0.39 is 0 Å². The smallest absolute Gasteiger partial charge is 0.164 e. The Kier molecular flexibility index (Phi) is 4.76. The second-order valence-corrected chi connectivity index (χ2v) is 3.96. The van der Waals surface area contributed by atoms with Crippen LogP contribution in [0, 0.1) is 3.77 Å². The molecule has 1 aromatic heterocycles. The molecule has 13 heavy (non-hydrogen) atoms. The predicted octanol–water partition coefficient (Wildman–Crippen LogP) is 1.74. The highest BCUT2D eigenvalue weighted by Crippen LogP contribution is 2.09. The number of aliphatic hydroxyl groups is 1. The standard InChI is InChI=1S/C9H14INO2/c1-2-7(12)5-11-6-8-3-4-9(10)13-8/h3-4,7,11-12H,2,5-6H2,1H3.